The average Bonchev–Trinajstić information content (AvgIpc) is 3.20. The zero-order valence-electron chi connectivity index (χ0n) is 21.7. The van der Waals surface area contributed by atoms with Crippen LogP contribution in [-0.4, -0.2) is 110 Å². The van der Waals surface area contributed by atoms with Gasteiger partial charge < -0.3 is 4.90 Å². The summed E-state index contributed by atoms with van der Waals surface area (Å²) in [6.07, 6.45) is 2.63. The fourth-order valence-electron chi connectivity index (χ4n) is 4.79. The van der Waals surface area contributed by atoms with E-state index in [2.05, 4.69) is 26.7 Å². The summed E-state index contributed by atoms with van der Waals surface area (Å²) in [7, 11) is -3.47. The topological polar surface area (TPSA) is 97.4 Å². The molecular formula is C25H31F3N6O4S. The molecule has 39 heavy (non-hydrogen) atoms. The largest absolute Gasteiger partial charge is 0.501 e. The van der Waals surface area contributed by atoms with Crippen LogP contribution in [0.15, 0.2) is 53.7 Å². The van der Waals surface area contributed by atoms with Gasteiger partial charge in [-0.1, -0.05) is 6.92 Å². The molecule has 10 nitrogen and oxygen atoms in total. The highest BCUT2D eigenvalue weighted by Gasteiger charge is 2.47. The van der Waals surface area contributed by atoms with Gasteiger partial charge in [0.15, 0.2) is 0 Å². The van der Waals surface area contributed by atoms with Crippen molar-refractivity contribution >= 4 is 27.5 Å². The number of hydrogen-bond acceptors (Lipinski definition) is 8. The van der Waals surface area contributed by atoms with E-state index in [0.29, 0.717) is 13.1 Å². The lowest BCUT2D eigenvalue weighted by atomic mass is 10.1. The molecule has 2 fully saturated rings. The third-order valence-corrected chi connectivity index (χ3v) is 8.55. The van der Waals surface area contributed by atoms with Crippen molar-refractivity contribution in [2.24, 2.45) is 0 Å². The number of likely N-dealkylation sites (N-methyl/N-ethyl adjacent to an activating group) is 2. The molecule has 3 heterocycles. The second-order valence-corrected chi connectivity index (χ2v) is 11.5. The maximum Gasteiger partial charge on any atom is 0.501 e. The molecule has 14 heteroatoms. The van der Waals surface area contributed by atoms with E-state index < -0.39 is 38.3 Å². The molecule has 2 aliphatic rings. The van der Waals surface area contributed by atoms with Crippen molar-refractivity contribution in [1.82, 2.24) is 24.6 Å². The van der Waals surface area contributed by atoms with Crippen molar-refractivity contribution in [1.29, 1.82) is 0 Å². The molecule has 1 aromatic carbocycles. The van der Waals surface area contributed by atoms with Gasteiger partial charge in [-0.15, -0.1) is 0 Å². The van der Waals surface area contributed by atoms with Crippen molar-refractivity contribution in [2.45, 2.75) is 23.5 Å². The Hall–Kier alpha value is -3.07. The third-order valence-electron chi connectivity index (χ3n) is 7.05. The van der Waals surface area contributed by atoms with Crippen molar-refractivity contribution in [3.8, 4) is 0 Å². The third kappa shape index (κ3) is 6.08. The number of carbonyl (C=O) groups is 2. The first kappa shape index (κ1) is 28.9. The Kier molecular flexibility index (Phi) is 8.59. The van der Waals surface area contributed by atoms with Gasteiger partial charge in [-0.3, -0.25) is 24.5 Å². The van der Waals surface area contributed by atoms with Gasteiger partial charge in [0.1, 0.15) is 12.7 Å². The maximum atomic E-state index is 13.6. The van der Waals surface area contributed by atoms with Crippen molar-refractivity contribution in [2.75, 3.05) is 64.3 Å². The quantitative estimate of drug-likeness (QED) is 0.426. The average molecular weight is 569 g/mol. The predicted octanol–water partition coefficient (Wildman–Crippen LogP) is 2.41. The molecule has 212 valence electrons. The molecule has 0 aliphatic carbocycles. The normalized spacial score (nSPS) is 18.8. The second-order valence-electron chi connectivity index (χ2n) is 9.51. The number of piperazine rings is 1. The van der Waals surface area contributed by atoms with Gasteiger partial charge in [-0.2, -0.15) is 13.2 Å². The summed E-state index contributed by atoms with van der Waals surface area (Å²) in [5, 5.41) is 0. The van der Waals surface area contributed by atoms with E-state index in [1.165, 1.54) is 4.90 Å². The van der Waals surface area contributed by atoms with Crippen LogP contribution in [0.25, 0.3) is 0 Å². The number of pyridine rings is 1. The van der Waals surface area contributed by atoms with Crippen LogP contribution in [0.4, 0.5) is 23.7 Å². The lowest BCUT2D eigenvalue weighted by Crippen LogP contribution is -2.49. The Morgan fingerprint density at radius 1 is 1.00 bits per heavy atom. The Balaban J connectivity index is 1.58. The van der Waals surface area contributed by atoms with Gasteiger partial charge in [0.2, 0.25) is 0 Å². The van der Waals surface area contributed by atoms with Crippen LogP contribution in [0, 0.1) is 0 Å². The number of benzene rings is 1. The molecule has 3 amide bonds. The van der Waals surface area contributed by atoms with Crippen LogP contribution in [0.2, 0.25) is 0 Å². The molecule has 2 aromatic rings. The molecule has 0 saturated carbocycles. The highest BCUT2D eigenvalue weighted by molar-refractivity contribution is 7.92. The Morgan fingerprint density at radius 2 is 1.62 bits per heavy atom. The minimum absolute atomic E-state index is 0.0115. The molecule has 0 bridgehead atoms. The number of hydrogen-bond donors (Lipinski definition) is 0. The van der Waals surface area contributed by atoms with Crippen molar-refractivity contribution < 1.29 is 31.2 Å². The van der Waals surface area contributed by atoms with Crippen molar-refractivity contribution in [3.05, 3.63) is 54.4 Å². The Morgan fingerprint density at radius 3 is 2.18 bits per heavy atom. The van der Waals surface area contributed by atoms with Gasteiger partial charge in [-0.05, 0) is 55.6 Å². The molecular weight excluding hydrogens is 537 g/mol. The van der Waals surface area contributed by atoms with Gasteiger partial charge in [-0.25, -0.2) is 18.1 Å². The number of rotatable bonds is 9. The van der Waals surface area contributed by atoms with Crippen LogP contribution < -0.4 is 4.90 Å². The molecule has 2 aliphatic heterocycles. The van der Waals surface area contributed by atoms with Crippen LogP contribution in [0.5, 0.6) is 0 Å². The van der Waals surface area contributed by atoms with Crippen LogP contribution in [0.3, 0.4) is 0 Å². The standard InChI is InChI=1S/C25H31F3N6O4S/c1-3-32(17-16-31-14-12-30(2)13-15-31)23(19-8-10-29-11-9-19)33-18-22(35)34(24(33)36)20-4-6-21(7-5-20)39(37,38)25(26,27)28/h4-11,23H,3,12-18H2,1-2H3. The molecule has 0 radical (unpaired) electrons. The molecule has 0 spiro atoms. The zero-order chi connectivity index (χ0) is 28.4. The number of anilines is 1. The number of amides is 3. The van der Waals surface area contributed by atoms with Crippen LogP contribution in [0.1, 0.15) is 18.7 Å². The van der Waals surface area contributed by atoms with E-state index in [1.807, 2.05) is 6.92 Å². The predicted molar refractivity (Wildman–Crippen MR) is 137 cm³/mol. The first-order valence-corrected chi connectivity index (χ1v) is 14.0. The number of urea groups is 1. The summed E-state index contributed by atoms with van der Waals surface area (Å²) in [4.78, 5) is 38.8. The van der Waals surface area contributed by atoms with Gasteiger partial charge in [0, 0.05) is 51.7 Å². The van der Waals surface area contributed by atoms with Crippen LogP contribution in [-0.2, 0) is 14.6 Å². The molecule has 4 rings (SSSR count). The summed E-state index contributed by atoms with van der Waals surface area (Å²) in [5.74, 6) is -0.569. The summed E-state index contributed by atoms with van der Waals surface area (Å²) < 4.78 is 62.2. The zero-order valence-corrected chi connectivity index (χ0v) is 22.5. The SMILES string of the molecule is CCN(CCN1CCN(C)CC1)C(c1ccncc1)N1CC(=O)N(c2ccc(S(=O)(=O)C(F)(F)F)cc2)C1=O. The lowest BCUT2D eigenvalue weighted by molar-refractivity contribution is -0.117. The fourth-order valence-corrected chi connectivity index (χ4v) is 5.55. The van der Waals surface area contributed by atoms with E-state index >= 15 is 0 Å². The smallest absolute Gasteiger partial charge is 0.304 e. The highest BCUT2D eigenvalue weighted by Crippen LogP contribution is 2.34. The van der Waals surface area contributed by atoms with Crippen molar-refractivity contribution in [3.63, 3.8) is 0 Å². The minimum atomic E-state index is -5.56. The number of sulfone groups is 1. The maximum absolute atomic E-state index is 13.6. The number of nitrogens with zero attached hydrogens (tertiary/aromatic N) is 6. The van der Waals surface area contributed by atoms with E-state index in [9.17, 15) is 31.2 Å². The first-order valence-electron chi connectivity index (χ1n) is 12.5. The second kappa shape index (κ2) is 11.6. The van der Waals surface area contributed by atoms with E-state index in [1.54, 1.807) is 24.5 Å². The Bertz CT molecular complexity index is 1270. The number of halogens is 3. The molecule has 1 unspecified atom stereocenters. The fraction of sp³-hybridized carbons (Fsp3) is 0.480. The highest BCUT2D eigenvalue weighted by atomic mass is 32.2. The number of imide groups is 1. The summed E-state index contributed by atoms with van der Waals surface area (Å²) >= 11 is 0. The van der Waals surface area contributed by atoms with E-state index in [4.69, 9.17) is 0 Å². The number of aromatic nitrogens is 1. The molecule has 2 saturated heterocycles. The number of carbonyl (C=O) groups excluding carboxylic acids is 2. The Labute approximate surface area is 225 Å². The van der Waals surface area contributed by atoms with Gasteiger partial charge in [0.25, 0.3) is 15.7 Å². The van der Waals surface area contributed by atoms with E-state index in [-0.39, 0.29) is 12.2 Å². The first-order chi connectivity index (χ1) is 18.4. The van der Waals surface area contributed by atoms with Gasteiger partial charge >= 0.3 is 11.5 Å². The minimum Gasteiger partial charge on any atom is -0.304 e. The summed E-state index contributed by atoms with van der Waals surface area (Å²) in [6, 6.07) is 6.47. The summed E-state index contributed by atoms with van der Waals surface area (Å²) in [6.45, 7) is 7.52. The molecule has 1 aromatic heterocycles. The molecule has 1 atom stereocenters. The lowest BCUT2D eigenvalue weighted by Gasteiger charge is -2.39. The van der Waals surface area contributed by atoms with E-state index in [0.717, 1.165) is 67.5 Å². The van der Waals surface area contributed by atoms with Gasteiger partial charge in [0.05, 0.1) is 10.6 Å². The number of alkyl halides is 3. The monoisotopic (exact) mass is 568 g/mol. The summed E-state index contributed by atoms with van der Waals surface area (Å²) in [5.41, 5.74) is -4.71. The molecule has 0 N–H and O–H groups in total. The van der Waals surface area contributed by atoms with Crippen LogP contribution >= 0.6 is 0 Å².